The van der Waals surface area contributed by atoms with Gasteiger partial charge in [0, 0.05) is 37.8 Å². The Kier molecular flexibility index (Phi) is 4.86. The number of nitrogens with zero attached hydrogens (tertiary/aromatic N) is 2. The van der Waals surface area contributed by atoms with Gasteiger partial charge in [-0.15, -0.1) is 0 Å². The lowest BCUT2D eigenvalue weighted by Gasteiger charge is -2.40. The number of fused-ring (bicyclic) bond motifs is 4. The molecule has 0 N–H and O–H groups in total. The summed E-state index contributed by atoms with van der Waals surface area (Å²) in [6.07, 6.45) is 5.64. The van der Waals surface area contributed by atoms with Crippen LogP contribution < -0.4 is 4.74 Å². The summed E-state index contributed by atoms with van der Waals surface area (Å²) in [5.41, 5.74) is 0.322. The monoisotopic (exact) mass is 364 g/mol. The number of benzene rings is 1. The van der Waals surface area contributed by atoms with E-state index in [-0.39, 0.29) is 23.6 Å². The van der Waals surface area contributed by atoms with Crippen LogP contribution in [0.25, 0.3) is 0 Å². The maximum atomic E-state index is 14.3. The van der Waals surface area contributed by atoms with E-state index in [1.54, 1.807) is 6.07 Å². The zero-order valence-electron chi connectivity index (χ0n) is 15.2. The van der Waals surface area contributed by atoms with E-state index in [0.29, 0.717) is 24.6 Å². The van der Waals surface area contributed by atoms with Crippen LogP contribution in [0.1, 0.15) is 37.7 Å². The fourth-order valence-corrected chi connectivity index (χ4v) is 4.54. The Labute approximate surface area is 153 Å². The maximum absolute atomic E-state index is 14.3. The molecule has 6 heteroatoms. The lowest BCUT2D eigenvalue weighted by molar-refractivity contribution is -0.141. The molecule has 3 saturated heterocycles. The Morgan fingerprint density at radius 3 is 2.62 bits per heavy atom. The number of amides is 1. The van der Waals surface area contributed by atoms with Crippen molar-refractivity contribution in [3.05, 3.63) is 29.3 Å². The molecule has 1 saturated carbocycles. The molecular formula is C20H26F2N2O2. The highest BCUT2D eigenvalue weighted by Gasteiger charge is 2.41. The quantitative estimate of drug-likeness (QED) is 0.804. The molecule has 3 heterocycles. The molecule has 26 heavy (non-hydrogen) atoms. The van der Waals surface area contributed by atoms with Crippen LogP contribution in [-0.2, 0) is 11.3 Å². The minimum atomic E-state index is -0.939. The van der Waals surface area contributed by atoms with Crippen LogP contribution in [0.2, 0.25) is 0 Å². The highest BCUT2D eigenvalue weighted by molar-refractivity contribution is 5.80. The molecule has 0 spiro atoms. The minimum absolute atomic E-state index is 0.0139. The summed E-state index contributed by atoms with van der Waals surface area (Å²) in [5.74, 6) is -0.968. The summed E-state index contributed by atoms with van der Waals surface area (Å²) in [4.78, 5) is 17.0. The van der Waals surface area contributed by atoms with Crippen LogP contribution in [0.4, 0.5) is 8.78 Å². The van der Waals surface area contributed by atoms with Crippen LogP contribution in [0.3, 0.4) is 0 Å². The number of piperidine rings is 1. The average molecular weight is 364 g/mol. The molecule has 5 rings (SSSR count). The van der Waals surface area contributed by atoms with Gasteiger partial charge in [0.25, 0.3) is 0 Å². The summed E-state index contributed by atoms with van der Waals surface area (Å²) in [6.45, 7) is 2.56. The summed E-state index contributed by atoms with van der Waals surface area (Å²) in [5, 5.41) is 0. The van der Waals surface area contributed by atoms with Gasteiger partial charge in [0.15, 0.2) is 11.6 Å². The van der Waals surface area contributed by atoms with Gasteiger partial charge in [-0.2, -0.15) is 4.39 Å². The van der Waals surface area contributed by atoms with Crippen molar-refractivity contribution >= 4 is 5.91 Å². The molecule has 1 aromatic rings. The number of carbonyl (C=O) groups is 1. The van der Waals surface area contributed by atoms with E-state index >= 15 is 0 Å². The third kappa shape index (κ3) is 3.20. The van der Waals surface area contributed by atoms with Gasteiger partial charge in [-0.25, -0.2) is 4.39 Å². The second kappa shape index (κ2) is 7.14. The zero-order chi connectivity index (χ0) is 18.3. The predicted octanol–water partition coefficient (Wildman–Crippen LogP) is 3.20. The third-order valence-electron chi connectivity index (χ3n) is 6.29. The third-order valence-corrected chi connectivity index (χ3v) is 6.29. The van der Waals surface area contributed by atoms with Crippen LogP contribution in [0.5, 0.6) is 5.75 Å². The van der Waals surface area contributed by atoms with E-state index in [2.05, 4.69) is 9.80 Å². The smallest absolute Gasteiger partial charge is 0.227 e. The standard InChI is InChI=1S/C20H26F2N2O2/c1-26-17-8-6-14(18(21)19(17)22)10-23-11-15-5-7-16(12-23)24(20(15)25)9-13-3-2-4-13/h6,8,13,15-16H,2-5,7,9-12H2,1H3/t15-,16+/m1/s1. The zero-order valence-corrected chi connectivity index (χ0v) is 15.2. The van der Waals surface area contributed by atoms with Crippen molar-refractivity contribution < 1.29 is 18.3 Å². The second-order valence-corrected chi connectivity index (χ2v) is 7.96. The van der Waals surface area contributed by atoms with Crippen LogP contribution >= 0.6 is 0 Å². The summed E-state index contributed by atoms with van der Waals surface area (Å²) < 4.78 is 33.2. The molecule has 2 atom stereocenters. The van der Waals surface area contributed by atoms with Crippen molar-refractivity contribution in [3.8, 4) is 5.75 Å². The van der Waals surface area contributed by atoms with Crippen LogP contribution in [-0.4, -0.2) is 48.5 Å². The molecular weight excluding hydrogens is 338 g/mol. The Bertz CT molecular complexity index is 693. The number of carbonyl (C=O) groups excluding carboxylic acids is 1. The largest absolute Gasteiger partial charge is 0.494 e. The number of ether oxygens (including phenoxy) is 1. The topological polar surface area (TPSA) is 32.8 Å². The first-order valence-electron chi connectivity index (χ1n) is 9.60. The van der Waals surface area contributed by atoms with Crippen molar-refractivity contribution in [2.45, 2.75) is 44.7 Å². The average Bonchev–Trinajstić information content (AvgIpc) is 2.86. The van der Waals surface area contributed by atoms with Crippen LogP contribution in [0.15, 0.2) is 12.1 Å². The summed E-state index contributed by atoms with van der Waals surface area (Å²) in [7, 11) is 1.33. The summed E-state index contributed by atoms with van der Waals surface area (Å²) >= 11 is 0. The SMILES string of the molecule is COc1ccc(CN2C[C@H]3CC[C@@H](C2)N(CC2CCC2)C3=O)c(F)c1F. The van der Waals surface area contributed by atoms with E-state index in [0.717, 1.165) is 25.9 Å². The summed E-state index contributed by atoms with van der Waals surface area (Å²) in [6, 6.07) is 3.25. The molecule has 0 unspecified atom stereocenters. The van der Waals surface area contributed by atoms with Gasteiger partial charge in [-0.1, -0.05) is 12.5 Å². The molecule has 2 bridgehead atoms. The van der Waals surface area contributed by atoms with Crippen molar-refractivity contribution in [3.63, 3.8) is 0 Å². The Morgan fingerprint density at radius 1 is 1.12 bits per heavy atom. The van der Waals surface area contributed by atoms with Gasteiger partial charge in [-0.05, 0) is 37.7 Å². The van der Waals surface area contributed by atoms with Gasteiger partial charge in [-0.3, -0.25) is 9.69 Å². The fraction of sp³-hybridized carbons (Fsp3) is 0.650. The van der Waals surface area contributed by atoms with Crippen molar-refractivity contribution in [1.82, 2.24) is 9.80 Å². The number of methoxy groups -OCH3 is 1. The first-order chi connectivity index (χ1) is 12.6. The molecule has 4 fully saturated rings. The normalized spacial score (nSPS) is 26.7. The number of halogens is 2. The Morgan fingerprint density at radius 2 is 1.92 bits per heavy atom. The van der Waals surface area contributed by atoms with Gasteiger partial charge in [0.1, 0.15) is 0 Å². The second-order valence-electron chi connectivity index (χ2n) is 7.96. The maximum Gasteiger partial charge on any atom is 0.227 e. The van der Waals surface area contributed by atoms with E-state index in [9.17, 15) is 13.6 Å². The lowest BCUT2D eigenvalue weighted by Crippen LogP contribution is -2.50. The molecule has 4 nitrogen and oxygen atoms in total. The number of hydrogen-bond acceptors (Lipinski definition) is 3. The minimum Gasteiger partial charge on any atom is -0.494 e. The van der Waals surface area contributed by atoms with Gasteiger partial charge in [0.2, 0.25) is 11.7 Å². The predicted molar refractivity (Wildman–Crippen MR) is 93.8 cm³/mol. The van der Waals surface area contributed by atoms with Crippen molar-refractivity contribution in [2.24, 2.45) is 11.8 Å². The van der Waals surface area contributed by atoms with Gasteiger partial charge < -0.3 is 9.64 Å². The van der Waals surface area contributed by atoms with Gasteiger partial charge >= 0.3 is 0 Å². The first-order valence-corrected chi connectivity index (χ1v) is 9.60. The lowest BCUT2D eigenvalue weighted by atomic mass is 9.83. The molecule has 1 amide bonds. The molecule has 3 aliphatic heterocycles. The van der Waals surface area contributed by atoms with E-state index < -0.39 is 11.6 Å². The number of rotatable bonds is 5. The highest BCUT2D eigenvalue weighted by Crippen LogP contribution is 2.34. The highest BCUT2D eigenvalue weighted by atomic mass is 19.2. The van der Waals surface area contributed by atoms with Crippen molar-refractivity contribution in [1.29, 1.82) is 0 Å². The van der Waals surface area contributed by atoms with Crippen LogP contribution in [0, 0.1) is 23.5 Å². The molecule has 1 aromatic carbocycles. The number of hydrogen-bond donors (Lipinski definition) is 0. The van der Waals surface area contributed by atoms with E-state index in [1.807, 2.05) is 0 Å². The van der Waals surface area contributed by atoms with Gasteiger partial charge in [0.05, 0.1) is 13.0 Å². The molecule has 4 aliphatic rings. The fourth-order valence-electron chi connectivity index (χ4n) is 4.54. The Hall–Kier alpha value is -1.69. The van der Waals surface area contributed by atoms with E-state index in [4.69, 9.17) is 4.74 Å². The van der Waals surface area contributed by atoms with Crippen molar-refractivity contribution in [2.75, 3.05) is 26.7 Å². The van der Waals surface area contributed by atoms with E-state index in [1.165, 1.54) is 32.4 Å². The molecule has 0 radical (unpaired) electrons. The molecule has 0 aromatic heterocycles. The first kappa shape index (κ1) is 17.7. The molecule has 1 aliphatic carbocycles. The Balaban J connectivity index is 1.49. The molecule has 142 valence electrons.